The van der Waals surface area contributed by atoms with Gasteiger partial charge in [0.2, 0.25) is 5.91 Å². The fraction of sp³-hybridized carbons (Fsp3) is 0.263. The first kappa shape index (κ1) is 16.1. The maximum absolute atomic E-state index is 12.4. The van der Waals surface area contributed by atoms with Gasteiger partial charge in [-0.1, -0.05) is 18.2 Å². The molecule has 0 aliphatic carbocycles. The molecule has 5 nitrogen and oxygen atoms in total. The number of ether oxygens (including phenoxy) is 1. The highest BCUT2D eigenvalue weighted by atomic mass is 16.5. The molecule has 2 aromatic rings. The molecule has 1 amide bonds. The lowest BCUT2D eigenvalue weighted by Crippen LogP contribution is -2.30. The number of carbonyl (C=O) groups is 2. The zero-order chi connectivity index (χ0) is 16.9. The van der Waals surface area contributed by atoms with Gasteiger partial charge in [0, 0.05) is 30.9 Å². The number of nitrogens with one attached hydrogen (secondary N) is 1. The van der Waals surface area contributed by atoms with E-state index < -0.39 is 0 Å². The molecule has 3 rings (SSSR count). The third kappa shape index (κ3) is 3.40. The molecule has 0 aromatic heterocycles. The SMILES string of the molecule is COC(=O)c1ccc(NCCC(=O)N2CCc3ccccc32)cc1. The number of methoxy groups -OCH3 is 1. The van der Waals surface area contributed by atoms with Gasteiger partial charge in [-0.3, -0.25) is 4.79 Å². The molecule has 0 radical (unpaired) electrons. The Bertz CT molecular complexity index is 741. The Balaban J connectivity index is 1.52. The van der Waals surface area contributed by atoms with Crippen molar-refractivity contribution in [1.82, 2.24) is 0 Å². The number of fused-ring (bicyclic) bond motifs is 1. The molecule has 0 fully saturated rings. The van der Waals surface area contributed by atoms with Crippen LogP contribution in [0.25, 0.3) is 0 Å². The molecular formula is C19H20N2O3. The van der Waals surface area contributed by atoms with Gasteiger partial charge in [-0.15, -0.1) is 0 Å². The van der Waals surface area contributed by atoms with E-state index in [1.807, 2.05) is 35.2 Å². The van der Waals surface area contributed by atoms with E-state index in [0.717, 1.165) is 24.3 Å². The average Bonchev–Trinajstić information content (AvgIpc) is 3.06. The number of anilines is 2. The Morgan fingerprint density at radius 1 is 1.12 bits per heavy atom. The number of amides is 1. The molecule has 0 atom stereocenters. The van der Waals surface area contributed by atoms with Gasteiger partial charge in [-0.25, -0.2) is 4.79 Å². The van der Waals surface area contributed by atoms with Crippen molar-refractivity contribution >= 4 is 23.3 Å². The van der Waals surface area contributed by atoms with Crippen molar-refractivity contribution in [2.24, 2.45) is 0 Å². The molecule has 1 N–H and O–H groups in total. The lowest BCUT2D eigenvalue weighted by atomic mass is 10.2. The number of nitrogens with zero attached hydrogens (tertiary/aromatic N) is 1. The van der Waals surface area contributed by atoms with Gasteiger partial charge in [0.25, 0.3) is 0 Å². The summed E-state index contributed by atoms with van der Waals surface area (Å²) in [5.74, 6) is -0.233. The summed E-state index contributed by atoms with van der Waals surface area (Å²) < 4.78 is 4.66. The van der Waals surface area contributed by atoms with Gasteiger partial charge in [0.15, 0.2) is 0 Å². The Morgan fingerprint density at radius 2 is 1.88 bits per heavy atom. The molecule has 0 bridgehead atoms. The van der Waals surface area contributed by atoms with Crippen LogP contribution < -0.4 is 10.2 Å². The van der Waals surface area contributed by atoms with E-state index in [4.69, 9.17) is 0 Å². The Morgan fingerprint density at radius 3 is 2.62 bits per heavy atom. The van der Waals surface area contributed by atoms with Crippen molar-refractivity contribution in [1.29, 1.82) is 0 Å². The average molecular weight is 324 g/mol. The number of rotatable bonds is 5. The van der Waals surface area contributed by atoms with Crippen LogP contribution in [-0.2, 0) is 16.0 Å². The normalized spacial score (nSPS) is 12.6. The minimum Gasteiger partial charge on any atom is -0.465 e. The molecule has 0 saturated carbocycles. The fourth-order valence-corrected chi connectivity index (χ4v) is 2.89. The molecule has 1 aliphatic heterocycles. The zero-order valence-electron chi connectivity index (χ0n) is 13.6. The summed E-state index contributed by atoms with van der Waals surface area (Å²) >= 11 is 0. The van der Waals surface area contributed by atoms with Crippen LogP contribution in [0.2, 0.25) is 0 Å². The van der Waals surface area contributed by atoms with E-state index in [2.05, 4.69) is 16.1 Å². The number of benzene rings is 2. The molecule has 1 heterocycles. The highest BCUT2D eigenvalue weighted by molar-refractivity contribution is 5.95. The summed E-state index contributed by atoms with van der Waals surface area (Å²) in [6, 6.07) is 15.1. The summed E-state index contributed by atoms with van der Waals surface area (Å²) in [4.78, 5) is 25.6. The van der Waals surface area contributed by atoms with Crippen LogP contribution in [0, 0.1) is 0 Å². The highest BCUT2D eigenvalue weighted by Crippen LogP contribution is 2.27. The van der Waals surface area contributed by atoms with Crippen LogP contribution in [0.3, 0.4) is 0 Å². The fourth-order valence-electron chi connectivity index (χ4n) is 2.89. The summed E-state index contributed by atoms with van der Waals surface area (Å²) in [6.07, 6.45) is 1.34. The molecule has 2 aromatic carbocycles. The minimum absolute atomic E-state index is 0.124. The molecular weight excluding hydrogens is 304 g/mol. The molecule has 124 valence electrons. The van der Waals surface area contributed by atoms with Crippen molar-refractivity contribution in [3.05, 3.63) is 59.7 Å². The van der Waals surface area contributed by atoms with Crippen LogP contribution >= 0.6 is 0 Å². The summed E-state index contributed by atoms with van der Waals surface area (Å²) in [6.45, 7) is 1.31. The van der Waals surface area contributed by atoms with Crippen molar-refractivity contribution in [2.45, 2.75) is 12.8 Å². The second-order valence-electron chi connectivity index (χ2n) is 5.67. The van der Waals surface area contributed by atoms with Gasteiger partial charge < -0.3 is 15.0 Å². The summed E-state index contributed by atoms with van der Waals surface area (Å²) in [5, 5.41) is 3.21. The molecule has 1 aliphatic rings. The van der Waals surface area contributed by atoms with Crippen molar-refractivity contribution in [2.75, 3.05) is 30.4 Å². The largest absolute Gasteiger partial charge is 0.465 e. The van der Waals surface area contributed by atoms with E-state index >= 15 is 0 Å². The predicted octanol–water partition coefficient (Wildman–Crippen LogP) is 2.86. The van der Waals surface area contributed by atoms with Crippen LogP contribution in [0.1, 0.15) is 22.3 Å². The maximum atomic E-state index is 12.4. The number of hydrogen-bond donors (Lipinski definition) is 1. The Labute approximate surface area is 141 Å². The second kappa shape index (κ2) is 7.17. The smallest absolute Gasteiger partial charge is 0.337 e. The quantitative estimate of drug-likeness (QED) is 0.859. The van der Waals surface area contributed by atoms with Gasteiger partial charge in [-0.2, -0.15) is 0 Å². The summed E-state index contributed by atoms with van der Waals surface area (Å²) in [7, 11) is 1.36. The van der Waals surface area contributed by atoms with Crippen LogP contribution in [0.4, 0.5) is 11.4 Å². The lowest BCUT2D eigenvalue weighted by Gasteiger charge is -2.17. The number of para-hydroxylation sites is 1. The van der Waals surface area contributed by atoms with Gasteiger partial charge in [-0.05, 0) is 42.3 Å². The monoisotopic (exact) mass is 324 g/mol. The van der Waals surface area contributed by atoms with Crippen LogP contribution in [0.5, 0.6) is 0 Å². The van der Waals surface area contributed by atoms with E-state index in [1.54, 1.807) is 12.1 Å². The topological polar surface area (TPSA) is 58.6 Å². The van der Waals surface area contributed by atoms with Crippen LogP contribution in [-0.4, -0.2) is 32.1 Å². The highest BCUT2D eigenvalue weighted by Gasteiger charge is 2.23. The standard InChI is InChI=1S/C19H20N2O3/c1-24-19(23)15-6-8-16(9-7-15)20-12-10-18(22)21-13-11-14-4-2-3-5-17(14)21/h2-9,20H,10-13H2,1H3. The first-order valence-electron chi connectivity index (χ1n) is 7.99. The van der Waals surface area contributed by atoms with Crippen molar-refractivity contribution < 1.29 is 14.3 Å². The molecule has 0 saturated heterocycles. The van der Waals surface area contributed by atoms with Gasteiger partial charge >= 0.3 is 5.97 Å². The maximum Gasteiger partial charge on any atom is 0.337 e. The number of carbonyl (C=O) groups excluding carboxylic acids is 2. The molecule has 0 unspecified atom stereocenters. The van der Waals surface area contributed by atoms with E-state index in [-0.39, 0.29) is 11.9 Å². The van der Waals surface area contributed by atoms with Crippen LogP contribution in [0.15, 0.2) is 48.5 Å². The second-order valence-corrected chi connectivity index (χ2v) is 5.67. The number of hydrogen-bond acceptors (Lipinski definition) is 4. The third-order valence-corrected chi connectivity index (χ3v) is 4.16. The molecule has 5 heteroatoms. The van der Waals surface area contributed by atoms with E-state index in [1.165, 1.54) is 12.7 Å². The Hall–Kier alpha value is -2.82. The van der Waals surface area contributed by atoms with E-state index in [0.29, 0.717) is 18.5 Å². The summed E-state index contributed by atoms with van der Waals surface area (Å²) in [5.41, 5.74) is 3.65. The van der Waals surface area contributed by atoms with Gasteiger partial charge in [0.1, 0.15) is 0 Å². The Kier molecular flexibility index (Phi) is 4.79. The zero-order valence-corrected chi connectivity index (χ0v) is 13.6. The third-order valence-electron chi connectivity index (χ3n) is 4.16. The lowest BCUT2D eigenvalue weighted by molar-refractivity contribution is -0.118. The first-order valence-corrected chi connectivity index (χ1v) is 7.99. The minimum atomic E-state index is -0.357. The van der Waals surface area contributed by atoms with E-state index in [9.17, 15) is 9.59 Å². The molecule has 0 spiro atoms. The number of esters is 1. The first-order chi connectivity index (χ1) is 11.7. The van der Waals surface area contributed by atoms with Crippen molar-refractivity contribution in [3.63, 3.8) is 0 Å². The van der Waals surface area contributed by atoms with Crippen molar-refractivity contribution in [3.8, 4) is 0 Å². The molecule has 24 heavy (non-hydrogen) atoms. The van der Waals surface area contributed by atoms with Gasteiger partial charge in [0.05, 0.1) is 12.7 Å². The predicted molar refractivity (Wildman–Crippen MR) is 93.4 cm³/mol.